The van der Waals surface area contributed by atoms with Crippen molar-refractivity contribution in [1.29, 1.82) is 0 Å². The van der Waals surface area contributed by atoms with E-state index in [-0.39, 0.29) is 0 Å². The van der Waals surface area contributed by atoms with Gasteiger partial charge >= 0.3 is 0 Å². The minimum absolute atomic E-state index is 0.579. The standard InChI is InChI=1S/C18H22S2/c1-2-5-13-11-20-18(19-10-12(13)4-1)9-14-8-17(18)16-7-3-6-15(14)16/h1-2,4-5,14-17H,3,6-11H2. The summed E-state index contributed by atoms with van der Waals surface area (Å²) in [6.45, 7) is 0. The van der Waals surface area contributed by atoms with Crippen molar-refractivity contribution >= 4 is 23.5 Å². The lowest BCUT2D eigenvalue weighted by Crippen LogP contribution is -2.35. The third-order valence-electron chi connectivity index (χ3n) is 6.48. The van der Waals surface area contributed by atoms with E-state index >= 15 is 0 Å². The quantitative estimate of drug-likeness (QED) is 0.636. The van der Waals surface area contributed by atoms with Gasteiger partial charge in [0.05, 0.1) is 4.08 Å². The van der Waals surface area contributed by atoms with Crippen LogP contribution in [-0.4, -0.2) is 4.08 Å². The average Bonchev–Trinajstić information content (AvgIpc) is 3.12. The predicted octanol–water partition coefficient (Wildman–Crippen LogP) is 5.32. The van der Waals surface area contributed by atoms with E-state index in [9.17, 15) is 0 Å². The number of hydrogen-bond donors (Lipinski definition) is 0. The molecule has 0 nitrogen and oxygen atoms in total. The average molecular weight is 303 g/mol. The zero-order valence-corrected chi connectivity index (χ0v) is 13.5. The summed E-state index contributed by atoms with van der Waals surface area (Å²) >= 11 is 4.62. The van der Waals surface area contributed by atoms with Gasteiger partial charge in [-0.05, 0) is 60.5 Å². The highest BCUT2D eigenvalue weighted by Crippen LogP contribution is 2.70. The summed E-state index contributed by atoms with van der Waals surface area (Å²) in [5, 5.41) is 0. The van der Waals surface area contributed by atoms with Gasteiger partial charge in [0.25, 0.3) is 0 Å². The summed E-state index contributed by atoms with van der Waals surface area (Å²) in [6, 6.07) is 9.15. The topological polar surface area (TPSA) is 0 Å². The zero-order valence-electron chi connectivity index (χ0n) is 11.9. The van der Waals surface area contributed by atoms with Crippen LogP contribution in [0.25, 0.3) is 0 Å². The Morgan fingerprint density at radius 1 is 0.950 bits per heavy atom. The summed E-state index contributed by atoms with van der Waals surface area (Å²) in [5.41, 5.74) is 3.21. The first-order chi connectivity index (χ1) is 9.86. The predicted molar refractivity (Wildman–Crippen MR) is 88.8 cm³/mol. The molecule has 4 atom stereocenters. The second-order valence-electron chi connectivity index (χ2n) is 7.22. The van der Waals surface area contributed by atoms with Crippen molar-refractivity contribution in [2.75, 3.05) is 0 Å². The zero-order chi connectivity index (χ0) is 13.2. The molecule has 3 saturated carbocycles. The van der Waals surface area contributed by atoms with Crippen molar-refractivity contribution < 1.29 is 0 Å². The van der Waals surface area contributed by atoms with Crippen LogP contribution in [-0.2, 0) is 11.5 Å². The van der Waals surface area contributed by atoms with Crippen LogP contribution in [0.15, 0.2) is 24.3 Å². The molecule has 0 radical (unpaired) electrons. The Labute approximate surface area is 130 Å². The number of rotatable bonds is 0. The lowest BCUT2D eigenvalue weighted by atomic mass is 9.81. The van der Waals surface area contributed by atoms with E-state index in [2.05, 4.69) is 47.8 Å². The molecule has 106 valence electrons. The molecule has 4 unspecified atom stereocenters. The van der Waals surface area contributed by atoms with Gasteiger partial charge in [0.15, 0.2) is 0 Å². The van der Waals surface area contributed by atoms with Gasteiger partial charge < -0.3 is 0 Å². The van der Waals surface area contributed by atoms with Crippen LogP contribution < -0.4 is 0 Å². The largest absolute Gasteiger partial charge is 0.139 e. The molecule has 0 saturated heterocycles. The van der Waals surface area contributed by atoms with Gasteiger partial charge in [-0.25, -0.2) is 0 Å². The third-order valence-corrected chi connectivity index (χ3v) is 10.0. The lowest BCUT2D eigenvalue weighted by molar-refractivity contribution is 0.254. The van der Waals surface area contributed by atoms with Gasteiger partial charge in [-0.2, -0.15) is 0 Å². The van der Waals surface area contributed by atoms with E-state index in [0.29, 0.717) is 4.08 Å². The van der Waals surface area contributed by atoms with Gasteiger partial charge in [0, 0.05) is 11.5 Å². The summed E-state index contributed by atoms with van der Waals surface area (Å²) in [4.78, 5) is 0. The van der Waals surface area contributed by atoms with Crippen molar-refractivity contribution in [3.8, 4) is 0 Å². The molecule has 2 bridgehead atoms. The molecule has 1 aromatic carbocycles. The molecule has 4 aliphatic rings. The summed E-state index contributed by atoms with van der Waals surface area (Å²) < 4.78 is 0.579. The second-order valence-corrected chi connectivity index (χ2v) is 10.1. The van der Waals surface area contributed by atoms with Gasteiger partial charge in [0.1, 0.15) is 0 Å². The van der Waals surface area contributed by atoms with E-state index in [1.165, 1.54) is 24.3 Å². The molecule has 0 N–H and O–H groups in total. The third kappa shape index (κ3) is 1.64. The first kappa shape index (κ1) is 12.5. The molecule has 3 aliphatic carbocycles. The van der Waals surface area contributed by atoms with Gasteiger partial charge in [-0.1, -0.05) is 30.7 Å². The highest BCUT2D eigenvalue weighted by molar-refractivity contribution is 8.17. The minimum Gasteiger partial charge on any atom is -0.139 e. The number of benzene rings is 1. The fourth-order valence-electron chi connectivity index (χ4n) is 5.65. The van der Waals surface area contributed by atoms with Crippen molar-refractivity contribution in [1.82, 2.24) is 0 Å². The van der Waals surface area contributed by atoms with E-state index in [0.717, 1.165) is 23.7 Å². The van der Waals surface area contributed by atoms with Crippen molar-refractivity contribution in [3.05, 3.63) is 35.4 Å². The molecule has 2 heteroatoms. The van der Waals surface area contributed by atoms with E-state index in [1.807, 2.05) is 0 Å². The van der Waals surface area contributed by atoms with Crippen LogP contribution >= 0.6 is 23.5 Å². The van der Waals surface area contributed by atoms with Crippen LogP contribution in [0.2, 0.25) is 0 Å². The Kier molecular flexibility index (Phi) is 2.78. The molecule has 1 heterocycles. The van der Waals surface area contributed by atoms with Crippen molar-refractivity contribution in [2.24, 2.45) is 23.7 Å². The Bertz CT molecular complexity index is 511. The van der Waals surface area contributed by atoms with Crippen LogP contribution in [0.3, 0.4) is 0 Å². The molecule has 1 aliphatic heterocycles. The van der Waals surface area contributed by atoms with E-state index in [4.69, 9.17) is 0 Å². The molecule has 0 aromatic heterocycles. The maximum Gasteiger partial charge on any atom is 0.0651 e. The number of thioether (sulfide) groups is 2. The number of hydrogen-bond acceptors (Lipinski definition) is 2. The molecule has 0 amide bonds. The smallest absolute Gasteiger partial charge is 0.0651 e. The van der Waals surface area contributed by atoms with Gasteiger partial charge in [0.2, 0.25) is 0 Å². The Balaban J connectivity index is 1.46. The van der Waals surface area contributed by atoms with Crippen LogP contribution in [0, 0.1) is 23.7 Å². The highest BCUT2D eigenvalue weighted by atomic mass is 32.2. The second kappa shape index (κ2) is 4.46. The summed E-state index contributed by atoms with van der Waals surface area (Å²) in [6.07, 6.45) is 7.70. The molecule has 1 spiro atoms. The van der Waals surface area contributed by atoms with Crippen molar-refractivity contribution in [2.45, 2.75) is 47.7 Å². The van der Waals surface area contributed by atoms with Gasteiger partial charge in [-0.15, -0.1) is 23.5 Å². The highest BCUT2D eigenvalue weighted by Gasteiger charge is 2.61. The molecular formula is C18H22S2. The Hall–Kier alpha value is -0.0800. The van der Waals surface area contributed by atoms with Crippen LogP contribution in [0.5, 0.6) is 0 Å². The molecule has 1 aromatic rings. The van der Waals surface area contributed by atoms with E-state index in [1.54, 1.807) is 30.4 Å². The minimum atomic E-state index is 0.579. The Morgan fingerprint density at radius 3 is 2.40 bits per heavy atom. The maximum atomic E-state index is 2.35. The first-order valence-corrected chi connectivity index (χ1v) is 10.2. The molecular weight excluding hydrogens is 280 g/mol. The summed E-state index contributed by atoms with van der Waals surface area (Å²) in [5.74, 6) is 6.83. The molecule has 3 fully saturated rings. The molecule has 5 rings (SSSR count). The first-order valence-electron chi connectivity index (χ1n) is 8.20. The monoisotopic (exact) mass is 302 g/mol. The summed E-state index contributed by atoms with van der Waals surface area (Å²) in [7, 11) is 0. The fraction of sp³-hybridized carbons (Fsp3) is 0.667. The normalized spacial score (nSPS) is 40.6. The van der Waals surface area contributed by atoms with E-state index < -0.39 is 0 Å². The number of fused-ring (bicyclic) bond motifs is 7. The molecule has 20 heavy (non-hydrogen) atoms. The van der Waals surface area contributed by atoms with Crippen LogP contribution in [0.4, 0.5) is 0 Å². The van der Waals surface area contributed by atoms with Crippen molar-refractivity contribution in [3.63, 3.8) is 0 Å². The van der Waals surface area contributed by atoms with Crippen LogP contribution in [0.1, 0.15) is 43.2 Å². The van der Waals surface area contributed by atoms with Gasteiger partial charge in [-0.3, -0.25) is 0 Å². The SMILES string of the molecule is c1ccc2c(c1)CSC1(CC3CC1C1CCCC31)SC2. The maximum absolute atomic E-state index is 2.35. The fourth-order valence-corrected chi connectivity index (χ4v) is 9.33. The Morgan fingerprint density at radius 2 is 1.65 bits per heavy atom. The lowest BCUT2D eigenvalue weighted by Gasteiger charge is -2.41.